The molecule has 1 aliphatic rings. The molecule has 0 heterocycles. The van der Waals surface area contributed by atoms with Crippen LogP contribution in [0, 0.1) is 5.92 Å². The number of carbonyl (C=O) groups is 2. The molecule has 0 bridgehead atoms. The van der Waals surface area contributed by atoms with E-state index in [9.17, 15) is 14.7 Å². The molecule has 1 aromatic carbocycles. The van der Waals surface area contributed by atoms with Crippen molar-refractivity contribution in [3.05, 3.63) is 34.3 Å². The molecule has 0 aliphatic heterocycles. The van der Waals surface area contributed by atoms with Crippen LogP contribution in [-0.4, -0.2) is 28.8 Å². The highest BCUT2D eigenvalue weighted by Gasteiger charge is 2.33. The molecule has 23 heavy (non-hydrogen) atoms. The summed E-state index contributed by atoms with van der Waals surface area (Å²) in [7, 11) is 0. The lowest BCUT2D eigenvalue weighted by atomic mass is 9.80. The number of amides is 1. The predicted octanol–water partition coefficient (Wildman–Crippen LogP) is 3.42. The van der Waals surface area contributed by atoms with E-state index in [1.807, 2.05) is 18.2 Å². The van der Waals surface area contributed by atoms with Crippen LogP contribution in [0.25, 0.3) is 0 Å². The zero-order valence-electron chi connectivity index (χ0n) is 13.6. The van der Waals surface area contributed by atoms with Crippen molar-refractivity contribution in [2.75, 3.05) is 0 Å². The van der Waals surface area contributed by atoms with Crippen LogP contribution in [0.2, 0.25) is 5.02 Å². The second kappa shape index (κ2) is 6.79. The molecule has 0 spiro atoms. The maximum atomic E-state index is 11.9. The summed E-state index contributed by atoms with van der Waals surface area (Å²) in [5.41, 5.74) is 1.57. The molecular weight excluding hydrogens is 318 g/mol. The van der Waals surface area contributed by atoms with Crippen LogP contribution < -0.4 is 5.32 Å². The normalized spacial score (nSPS) is 18.7. The van der Waals surface area contributed by atoms with Crippen LogP contribution >= 0.6 is 11.6 Å². The number of hydrogen-bond donors (Lipinski definition) is 2. The van der Waals surface area contributed by atoms with Gasteiger partial charge in [0.15, 0.2) is 0 Å². The van der Waals surface area contributed by atoms with Gasteiger partial charge in [0.05, 0.1) is 0 Å². The molecule has 5 nitrogen and oxygen atoms in total. The predicted molar refractivity (Wildman–Crippen MR) is 87.8 cm³/mol. The van der Waals surface area contributed by atoms with Crippen molar-refractivity contribution in [3.63, 3.8) is 0 Å². The number of nitrogens with one attached hydrogen (secondary N) is 1. The first-order chi connectivity index (χ1) is 10.7. The van der Waals surface area contributed by atoms with Crippen LogP contribution in [0.15, 0.2) is 18.2 Å². The van der Waals surface area contributed by atoms with Gasteiger partial charge < -0.3 is 15.2 Å². The Labute approximate surface area is 141 Å². The fourth-order valence-electron chi connectivity index (χ4n) is 2.85. The molecule has 0 fully saturated rings. The number of alkyl carbamates (subject to hydrolysis) is 1. The van der Waals surface area contributed by atoms with Gasteiger partial charge in [-0.2, -0.15) is 0 Å². The summed E-state index contributed by atoms with van der Waals surface area (Å²) < 4.78 is 5.16. The van der Waals surface area contributed by atoms with Crippen molar-refractivity contribution in [2.24, 2.45) is 5.92 Å². The van der Waals surface area contributed by atoms with E-state index in [0.29, 0.717) is 17.9 Å². The summed E-state index contributed by atoms with van der Waals surface area (Å²) in [5.74, 6) is -1.24. The monoisotopic (exact) mass is 339 g/mol. The molecule has 2 N–H and O–H groups in total. The number of aryl methyl sites for hydroxylation is 1. The van der Waals surface area contributed by atoms with Crippen molar-refractivity contribution in [2.45, 2.75) is 51.7 Å². The van der Waals surface area contributed by atoms with E-state index in [1.54, 1.807) is 20.8 Å². The van der Waals surface area contributed by atoms with Gasteiger partial charge in [-0.15, -0.1) is 0 Å². The largest absolute Gasteiger partial charge is 0.480 e. The number of carboxylic acid groups (broad SMARTS) is 1. The molecule has 2 atom stereocenters. The Hall–Kier alpha value is -1.75. The van der Waals surface area contributed by atoms with Crippen LogP contribution in [0.4, 0.5) is 4.79 Å². The molecule has 2 unspecified atom stereocenters. The minimum Gasteiger partial charge on any atom is -0.480 e. The number of fused-ring (bicyclic) bond motifs is 1. The minimum absolute atomic E-state index is 0.189. The van der Waals surface area contributed by atoms with E-state index in [1.165, 1.54) is 5.56 Å². The average molecular weight is 340 g/mol. The van der Waals surface area contributed by atoms with Crippen molar-refractivity contribution in [1.29, 1.82) is 0 Å². The Bertz CT molecular complexity index is 609. The van der Waals surface area contributed by atoms with Gasteiger partial charge in [0, 0.05) is 5.02 Å². The van der Waals surface area contributed by atoms with Gasteiger partial charge in [-0.25, -0.2) is 9.59 Å². The summed E-state index contributed by atoms with van der Waals surface area (Å²) in [6.45, 7) is 5.21. The molecule has 0 aromatic heterocycles. The maximum absolute atomic E-state index is 11.9. The highest BCUT2D eigenvalue weighted by Crippen LogP contribution is 2.30. The number of carboxylic acids is 1. The van der Waals surface area contributed by atoms with E-state index in [4.69, 9.17) is 16.3 Å². The zero-order chi connectivity index (χ0) is 17.2. The lowest BCUT2D eigenvalue weighted by molar-refractivity contribution is -0.141. The molecule has 126 valence electrons. The summed E-state index contributed by atoms with van der Waals surface area (Å²) in [6, 6.07) is 4.71. The Morgan fingerprint density at radius 1 is 1.35 bits per heavy atom. The first-order valence-corrected chi connectivity index (χ1v) is 8.03. The molecule has 0 saturated carbocycles. The number of halogens is 1. The van der Waals surface area contributed by atoms with E-state index in [2.05, 4.69) is 5.32 Å². The number of ether oxygens (including phenoxy) is 1. The van der Waals surface area contributed by atoms with Gasteiger partial charge in [-0.1, -0.05) is 17.7 Å². The van der Waals surface area contributed by atoms with Gasteiger partial charge in [0.1, 0.15) is 11.6 Å². The fourth-order valence-corrected chi connectivity index (χ4v) is 3.05. The molecule has 1 aliphatic carbocycles. The van der Waals surface area contributed by atoms with Crippen molar-refractivity contribution in [3.8, 4) is 0 Å². The molecule has 0 saturated heterocycles. The Balaban J connectivity index is 2.10. The lowest BCUT2D eigenvalue weighted by Gasteiger charge is -2.30. The Kier molecular flexibility index (Phi) is 5.19. The first-order valence-electron chi connectivity index (χ1n) is 7.65. The third-order valence-corrected chi connectivity index (χ3v) is 4.08. The van der Waals surface area contributed by atoms with Crippen LogP contribution in [0.1, 0.15) is 38.3 Å². The Morgan fingerprint density at radius 3 is 2.65 bits per heavy atom. The van der Waals surface area contributed by atoms with Gasteiger partial charge in [0.25, 0.3) is 0 Å². The smallest absolute Gasteiger partial charge is 0.408 e. The van der Waals surface area contributed by atoms with E-state index >= 15 is 0 Å². The third kappa shape index (κ3) is 4.86. The number of hydrogen-bond acceptors (Lipinski definition) is 3. The second-order valence-corrected chi connectivity index (χ2v) is 7.31. The van der Waals surface area contributed by atoms with Crippen LogP contribution in [-0.2, 0) is 22.4 Å². The molecular formula is C17H22ClNO4. The SMILES string of the molecule is CC(C)(C)OC(=O)NC(C(=O)O)C1CCc2ccc(Cl)cc2C1. The maximum Gasteiger partial charge on any atom is 0.408 e. The van der Waals surface area contributed by atoms with Crippen LogP contribution in [0.5, 0.6) is 0 Å². The number of rotatable bonds is 3. The summed E-state index contributed by atoms with van der Waals surface area (Å²) >= 11 is 6.02. The first kappa shape index (κ1) is 17.6. The minimum atomic E-state index is -1.05. The second-order valence-electron chi connectivity index (χ2n) is 6.88. The molecule has 1 amide bonds. The summed E-state index contributed by atoms with van der Waals surface area (Å²) in [6.07, 6.45) is 1.34. The molecule has 2 rings (SSSR count). The van der Waals surface area contributed by atoms with Crippen molar-refractivity contribution in [1.82, 2.24) is 5.32 Å². The fraction of sp³-hybridized carbons (Fsp3) is 0.529. The molecule has 0 radical (unpaired) electrons. The molecule has 6 heteroatoms. The van der Waals surface area contributed by atoms with Crippen LogP contribution in [0.3, 0.4) is 0 Å². The highest BCUT2D eigenvalue weighted by atomic mass is 35.5. The zero-order valence-corrected chi connectivity index (χ0v) is 14.3. The highest BCUT2D eigenvalue weighted by molar-refractivity contribution is 6.30. The van der Waals surface area contributed by atoms with Crippen molar-refractivity contribution < 1.29 is 19.4 Å². The number of benzene rings is 1. The number of carbonyl (C=O) groups excluding carboxylic acids is 1. The summed E-state index contributed by atoms with van der Waals surface area (Å²) in [5, 5.41) is 12.6. The quantitative estimate of drug-likeness (QED) is 0.884. The summed E-state index contributed by atoms with van der Waals surface area (Å²) in [4.78, 5) is 23.5. The topological polar surface area (TPSA) is 75.6 Å². The molecule has 1 aromatic rings. The van der Waals surface area contributed by atoms with Gasteiger partial charge in [0.2, 0.25) is 0 Å². The average Bonchev–Trinajstić information content (AvgIpc) is 2.41. The lowest BCUT2D eigenvalue weighted by Crippen LogP contribution is -2.49. The van der Waals surface area contributed by atoms with E-state index in [-0.39, 0.29) is 5.92 Å². The van der Waals surface area contributed by atoms with Gasteiger partial charge >= 0.3 is 12.1 Å². The Morgan fingerprint density at radius 2 is 2.04 bits per heavy atom. The van der Waals surface area contributed by atoms with Gasteiger partial charge in [-0.05, 0) is 69.2 Å². The standard InChI is InChI=1S/C17H22ClNO4/c1-17(2,3)23-16(22)19-14(15(20)21)11-5-4-10-6-7-13(18)9-12(10)8-11/h6-7,9,11,14H,4-5,8H2,1-3H3,(H,19,22)(H,20,21). The van der Waals surface area contributed by atoms with E-state index in [0.717, 1.165) is 12.0 Å². The van der Waals surface area contributed by atoms with Gasteiger partial charge in [-0.3, -0.25) is 0 Å². The third-order valence-electron chi connectivity index (χ3n) is 3.84. The van der Waals surface area contributed by atoms with E-state index < -0.39 is 23.7 Å². The number of aliphatic carboxylic acids is 1. The van der Waals surface area contributed by atoms with Crippen molar-refractivity contribution >= 4 is 23.7 Å².